The van der Waals surface area contributed by atoms with Crippen molar-refractivity contribution in [2.45, 2.75) is 39.8 Å². The first-order valence-corrected chi connectivity index (χ1v) is 14.5. The average molecular weight is 585 g/mol. The van der Waals surface area contributed by atoms with E-state index in [4.69, 9.17) is 11.6 Å². The van der Waals surface area contributed by atoms with E-state index in [9.17, 15) is 14.7 Å². The third-order valence-corrected chi connectivity index (χ3v) is 8.32. The molecule has 2 aromatic carbocycles. The lowest BCUT2D eigenvalue weighted by atomic mass is 9.97. The number of carbonyl (C=O) groups excluding carboxylic acids is 2. The molecule has 2 amide bonds. The second kappa shape index (κ2) is 11.7. The van der Waals surface area contributed by atoms with Gasteiger partial charge in [-0.3, -0.25) is 19.5 Å². The van der Waals surface area contributed by atoms with Crippen molar-refractivity contribution in [3.63, 3.8) is 0 Å². The normalized spacial score (nSPS) is 15.0. The maximum absolute atomic E-state index is 14.2. The van der Waals surface area contributed by atoms with Crippen molar-refractivity contribution in [1.29, 1.82) is 0 Å². The monoisotopic (exact) mass is 584 g/mol. The molecule has 0 bridgehead atoms. The van der Waals surface area contributed by atoms with Gasteiger partial charge >= 0.3 is 0 Å². The molecule has 0 saturated heterocycles. The van der Waals surface area contributed by atoms with E-state index in [2.05, 4.69) is 32.4 Å². The number of aromatic nitrogens is 3. The molecule has 2 aliphatic rings. The number of aliphatic hydroxyl groups excluding tert-OH is 1. The number of hydrogen-bond acceptors (Lipinski definition) is 6. The van der Waals surface area contributed by atoms with Gasteiger partial charge in [0.2, 0.25) is 0 Å². The van der Waals surface area contributed by atoms with Crippen molar-refractivity contribution in [1.82, 2.24) is 25.0 Å². The fourth-order valence-electron chi connectivity index (χ4n) is 5.85. The Bertz CT molecular complexity index is 1680. The van der Waals surface area contributed by atoms with E-state index >= 15 is 0 Å². The molecular formula is C32H33ClN6O3. The minimum atomic E-state index is -0.342. The van der Waals surface area contributed by atoms with Crippen molar-refractivity contribution in [2.75, 3.05) is 31.1 Å². The van der Waals surface area contributed by atoms with Crippen LogP contribution in [0.4, 0.5) is 5.69 Å². The van der Waals surface area contributed by atoms with E-state index in [1.165, 1.54) is 5.56 Å². The molecule has 0 spiro atoms. The Hall–Kier alpha value is -4.05. The Morgan fingerprint density at radius 1 is 1.05 bits per heavy atom. The Morgan fingerprint density at radius 2 is 1.90 bits per heavy atom. The first-order chi connectivity index (χ1) is 20.3. The van der Waals surface area contributed by atoms with Gasteiger partial charge in [0.05, 0.1) is 12.3 Å². The maximum atomic E-state index is 14.2. The Kier molecular flexibility index (Phi) is 7.81. The highest BCUT2D eigenvalue weighted by Gasteiger charge is 2.35. The summed E-state index contributed by atoms with van der Waals surface area (Å²) < 4.78 is 1.55. The Labute approximate surface area is 249 Å². The van der Waals surface area contributed by atoms with Crippen LogP contribution in [0.2, 0.25) is 5.02 Å². The number of pyridine rings is 1. The van der Waals surface area contributed by atoms with Crippen LogP contribution in [-0.4, -0.2) is 62.8 Å². The largest absolute Gasteiger partial charge is 0.395 e. The zero-order valence-corrected chi connectivity index (χ0v) is 24.5. The number of aryl methyl sites for hydroxylation is 2. The maximum Gasteiger partial charge on any atom is 0.277 e. The fourth-order valence-corrected chi connectivity index (χ4v) is 6.04. The van der Waals surface area contributed by atoms with E-state index in [-0.39, 0.29) is 24.1 Å². The smallest absolute Gasteiger partial charge is 0.277 e. The van der Waals surface area contributed by atoms with E-state index in [1.54, 1.807) is 34.0 Å². The van der Waals surface area contributed by atoms with Crippen LogP contribution in [-0.2, 0) is 25.9 Å². The standard InChI is InChI=1S/C32H33ClN6O3/c1-20-14-21(2)34-17-24(20)18-35-31(41)29-28-9-11-38(26-7-6-22-8-10-37(12-13-40)19-23(22)15-26)32(42)30(28)39(36-29)27-5-3-4-25(33)16-27/h3-7,14-17,40H,8-13,18-19H2,1-2H3,(H,35,41). The van der Waals surface area contributed by atoms with Gasteiger partial charge in [-0.1, -0.05) is 23.7 Å². The average Bonchev–Trinajstić information content (AvgIpc) is 3.37. The van der Waals surface area contributed by atoms with Crippen LogP contribution in [0.1, 0.15) is 54.5 Å². The lowest BCUT2D eigenvalue weighted by molar-refractivity contribution is 0.0944. The molecule has 6 rings (SSSR count). The number of anilines is 1. The molecule has 2 N–H and O–H groups in total. The molecule has 4 aromatic rings. The number of benzene rings is 2. The van der Waals surface area contributed by atoms with Crippen LogP contribution >= 0.6 is 11.6 Å². The zero-order chi connectivity index (χ0) is 29.4. The highest BCUT2D eigenvalue weighted by atomic mass is 35.5. The Balaban J connectivity index is 1.34. The topological polar surface area (TPSA) is 104 Å². The van der Waals surface area contributed by atoms with Gasteiger partial charge in [-0.2, -0.15) is 5.10 Å². The first kappa shape index (κ1) is 28.1. The van der Waals surface area contributed by atoms with Crippen molar-refractivity contribution < 1.29 is 14.7 Å². The van der Waals surface area contributed by atoms with Crippen molar-refractivity contribution in [2.24, 2.45) is 0 Å². The van der Waals surface area contributed by atoms with Crippen molar-refractivity contribution in [3.8, 4) is 5.69 Å². The summed E-state index contributed by atoms with van der Waals surface area (Å²) in [5, 5.41) is 17.6. The summed E-state index contributed by atoms with van der Waals surface area (Å²) in [6.45, 7) is 7.03. The zero-order valence-electron chi connectivity index (χ0n) is 23.7. The molecule has 0 saturated carbocycles. The molecule has 2 aromatic heterocycles. The number of amides is 2. The molecular weight excluding hydrogens is 552 g/mol. The molecule has 0 atom stereocenters. The number of carbonyl (C=O) groups is 2. The lowest BCUT2D eigenvalue weighted by Gasteiger charge is -2.31. The van der Waals surface area contributed by atoms with Gasteiger partial charge < -0.3 is 15.3 Å². The number of rotatable bonds is 7. The van der Waals surface area contributed by atoms with E-state index in [0.717, 1.165) is 47.6 Å². The Morgan fingerprint density at radius 3 is 2.69 bits per heavy atom. The SMILES string of the molecule is Cc1cc(C)c(CNC(=O)c2nn(-c3cccc(Cl)c3)c3c2CCN(c2ccc4c(c2)CN(CCO)CC4)C3=O)cn1. The summed E-state index contributed by atoms with van der Waals surface area (Å²) in [4.78, 5) is 36.0. The molecule has 0 radical (unpaired) electrons. The van der Waals surface area contributed by atoms with Gasteiger partial charge in [-0.25, -0.2) is 4.68 Å². The van der Waals surface area contributed by atoms with E-state index in [1.807, 2.05) is 32.0 Å². The van der Waals surface area contributed by atoms with Crippen LogP contribution in [0.15, 0.2) is 54.7 Å². The van der Waals surface area contributed by atoms with Crippen LogP contribution in [0, 0.1) is 13.8 Å². The second-order valence-electron chi connectivity index (χ2n) is 10.9. The molecule has 0 aliphatic carbocycles. The van der Waals surface area contributed by atoms with Crippen LogP contribution in [0.3, 0.4) is 0 Å². The number of β-amino-alcohol motifs (C(OH)–C–C–N with tert-alkyl or cyclic N) is 1. The quantitative estimate of drug-likeness (QED) is 0.340. The third-order valence-electron chi connectivity index (χ3n) is 8.09. The van der Waals surface area contributed by atoms with Gasteiger partial charge in [0.25, 0.3) is 11.8 Å². The van der Waals surface area contributed by atoms with Crippen LogP contribution in [0.25, 0.3) is 5.69 Å². The van der Waals surface area contributed by atoms with Gasteiger partial charge in [0, 0.05) is 60.9 Å². The lowest BCUT2D eigenvalue weighted by Crippen LogP contribution is -2.39. The number of aliphatic hydroxyl groups is 1. The van der Waals surface area contributed by atoms with Gasteiger partial charge in [-0.05, 0) is 85.3 Å². The molecule has 0 fully saturated rings. The minimum Gasteiger partial charge on any atom is -0.395 e. The predicted molar refractivity (Wildman–Crippen MR) is 161 cm³/mol. The molecule has 9 nitrogen and oxygen atoms in total. The number of hydrogen-bond donors (Lipinski definition) is 2. The van der Waals surface area contributed by atoms with Gasteiger partial charge in [0.15, 0.2) is 5.69 Å². The van der Waals surface area contributed by atoms with Gasteiger partial charge in [0.1, 0.15) is 5.69 Å². The highest BCUT2D eigenvalue weighted by molar-refractivity contribution is 6.30. The first-order valence-electron chi connectivity index (χ1n) is 14.2. The summed E-state index contributed by atoms with van der Waals surface area (Å²) >= 11 is 6.31. The number of nitrogens with zero attached hydrogens (tertiary/aromatic N) is 5. The molecule has 10 heteroatoms. The summed E-state index contributed by atoms with van der Waals surface area (Å²) in [5.74, 6) is -0.560. The number of nitrogens with one attached hydrogen (secondary N) is 1. The van der Waals surface area contributed by atoms with Crippen LogP contribution < -0.4 is 10.2 Å². The minimum absolute atomic E-state index is 0.118. The highest BCUT2D eigenvalue weighted by Crippen LogP contribution is 2.32. The van der Waals surface area contributed by atoms with Gasteiger partial charge in [-0.15, -0.1) is 0 Å². The van der Waals surface area contributed by atoms with E-state index in [0.29, 0.717) is 48.0 Å². The third kappa shape index (κ3) is 5.43. The second-order valence-corrected chi connectivity index (χ2v) is 11.3. The summed E-state index contributed by atoms with van der Waals surface area (Å²) in [7, 11) is 0. The molecule has 216 valence electrons. The summed E-state index contributed by atoms with van der Waals surface area (Å²) in [6.07, 6.45) is 3.16. The van der Waals surface area contributed by atoms with E-state index < -0.39 is 0 Å². The predicted octanol–water partition coefficient (Wildman–Crippen LogP) is 4.02. The fraction of sp³-hybridized carbons (Fsp3) is 0.312. The molecule has 42 heavy (non-hydrogen) atoms. The molecule has 4 heterocycles. The summed E-state index contributed by atoms with van der Waals surface area (Å²) in [5.41, 5.74) is 7.95. The van der Waals surface area contributed by atoms with Crippen molar-refractivity contribution >= 4 is 29.1 Å². The van der Waals surface area contributed by atoms with Crippen molar-refractivity contribution in [3.05, 3.63) is 105 Å². The van der Waals surface area contributed by atoms with Crippen LogP contribution in [0.5, 0.6) is 0 Å². The molecule has 2 aliphatic heterocycles. The molecule has 0 unspecified atom stereocenters. The number of halogens is 1. The number of fused-ring (bicyclic) bond motifs is 2. The summed E-state index contributed by atoms with van der Waals surface area (Å²) in [6, 6.07) is 15.3.